The van der Waals surface area contributed by atoms with E-state index in [1.807, 2.05) is 6.07 Å². The summed E-state index contributed by atoms with van der Waals surface area (Å²) >= 11 is 0. The Bertz CT molecular complexity index is 469. The third-order valence-electron chi connectivity index (χ3n) is 4.30. The summed E-state index contributed by atoms with van der Waals surface area (Å²) in [6.45, 7) is 4.71. The van der Waals surface area contributed by atoms with Crippen LogP contribution in [0.5, 0.6) is 5.75 Å². The lowest BCUT2D eigenvalue weighted by atomic mass is 9.76. The average molecular weight is 293 g/mol. The lowest BCUT2D eigenvalue weighted by Gasteiger charge is -2.36. The Morgan fingerprint density at radius 2 is 2.10 bits per heavy atom. The number of benzene rings is 1. The maximum atomic E-state index is 9.51. The van der Waals surface area contributed by atoms with Crippen molar-refractivity contribution in [3.05, 3.63) is 23.8 Å². The number of nitrogens with zero attached hydrogens (tertiary/aromatic N) is 1. The number of hydrogen-bond acceptors (Lipinski definition) is 5. The van der Waals surface area contributed by atoms with E-state index in [0.717, 1.165) is 30.8 Å². The van der Waals surface area contributed by atoms with Crippen LogP contribution in [0.25, 0.3) is 0 Å². The van der Waals surface area contributed by atoms with Crippen molar-refractivity contribution in [2.45, 2.75) is 26.0 Å². The van der Waals surface area contributed by atoms with Gasteiger partial charge in [0.15, 0.2) is 0 Å². The standard InChI is InChI=1S/C15H24BNO4/c1-11-6-7-17(10-15(11)21-3)9-12-8-13(20-2)4-5-14(12)16(18)19/h4-5,8,11,15,18-19H,6-7,9-10H2,1-3H3. The highest BCUT2D eigenvalue weighted by molar-refractivity contribution is 6.59. The highest BCUT2D eigenvalue weighted by atomic mass is 16.5. The van der Waals surface area contributed by atoms with Crippen LogP contribution in [0.1, 0.15) is 18.9 Å². The Kier molecular flexibility index (Phi) is 5.64. The normalized spacial score (nSPS) is 23.1. The zero-order valence-corrected chi connectivity index (χ0v) is 13.0. The van der Waals surface area contributed by atoms with Crippen LogP contribution in [0.4, 0.5) is 0 Å². The minimum Gasteiger partial charge on any atom is -0.497 e. The molecule has 0 saturated carbocycles. The fourth-order valence-electron chi connectivity index (χ4n) is 2.89. The molecule has 2 atom stereocenters. The Labute approximate surface area is 126 Å². The van der Waals surface area contributed by atoms with Gasteiger partial charge in [0.1, 0.15) is 5.75 Å². The van der Waals surface area contributed by atoms with E-state index in [1.165, 1.54) is 0 Å². The molecule has 0 bridgehead atoms. The van der Waals surface area contributed by atoms with Gasteiger partial charge in [-0.05, 0) is 42.0 Å². The highest BCUT2D eigenvalue weighted by Crippen LogP contribution is 2.21. The monoisotopic (exact) mass is 293 g/mol. The summed E-state index contributed by atoms with van der Waals surface area (Å²) in [4.78, 5) is 2.29. The van der Waals surface area contributed by atoms with Crippen LogP contribution in [0, 0.1) is 5.92 Å². The molecule has 6 heteroatoms. The lowest BCUT2D eigenvalue weighted by molar-refractivity contribution is -0.00739. The van der Waals surface area contributed by atoms with Gasteiger partial charge in [-0.25, -0.2) is 0 Å². The number of piperidine rings is 1. The van der Waals surface area contributed by atoms with Crippen molar-refractivity contribution < 1.29 is 19.5 Å². The van der Waals surface area contributed by atoms with Crippen molar-refractivity contribution in [3.8, 4) is 5.75 Å². The maximum Gasteiger partial charge on any atom is 0.488 e. The molecule has 0 aromatic heterocycles. The third-order valence-corrected chi connectivity index (χ3v) is 4.30. The van der Waals surface area contributed by atoms with Crippen LogP contribution >= 0.6 is 0 Å². The van der Waals surface area contributed by atoms with Gasteiger partial charge in [0, 0.05) is 20.2 Å². The molecule has 5 nitrogen and oxygen atoms in total. The van der Waals surface area contributed by atoms with E-state index in [-0.39, 0.29) is 6.10 Å². The molecule has 21 heavy (non-hydrogen) atoms. The van der Waals surface area contributed by atoms with Gasteiger partial charge < -0.3 is 19.5 Å². The second-order valence-corrected chi connectivity index (χ2v) is 5.71. The summed E-state index contributed by atoms with van der Waals surface area (Å²) < 4.78 is 10.8. The predicted octanol–water partition coefficient (Wildman–Crippen LogP) is 0.232. The number of methoxy groups -OCH3 is 2. The summed E-state index contributed by atoms with van der Waals surface area (Å²) in [7, 11) is 1.89. The first-order valence-corrected chi connectivity index (χ1v) is 7.33. The van der Waals surface area contributed by atoms with Crippen molar-refractivity contribution in [1.29, 1.82) is 0 Å². The number of rotatable bonds is 5. The Morgan fingerprint density at radius 3 is 2.71 bits per heavy atom. The van der Waals surface area contributed by atoms with E-state index in [4.69, 9.17) is 9.47 Å². The van der Waals surface area contributed by atoms with E-state index in [1.54, 1.807) is 26.4 Å². The minimum atomic E-state index is -1.46. The maximum absolute atomic E-state index is 9.51. The van der Waals surface area contributed by atoms with Gasteiger partial charge in [0.25, 0.3) is 0 Å². The summed E-state index contributed by atoms with van der Waals surface area (Å²) in [6.07, 6.45) is 1.31. The van der Waals surface area contributed by atoms with Crippen LogP contribution in [-0.2, 0) is 11.3 Å². The molecule has 1 aliphatic rings. The Hall–Kier alpha value is -1.08. The van der Waals surface area contributed by atoms with Crippen molar-refractivity contribution in [2.75, 3.05) is 27.3 Å². The molecule has 1 heterocycles. The molecule has 1 aromatic rings. The molecule has 0 aliphatic carbocycles. The second-order valence-electron chi connectivity index (χ2n) is 5.71. The SMILES string of the molecule is COc1ccc(B(O)O)c(CN2CCC(C)C(OC)C2)c1. The molecule has 1 saturated heterocycles. The lowest BCUT2D eigenvalue weighted by Crippen LogP contribution is -2.44. The van der Waals surface area contributed by atoms with Crippen LogP contribution in [-0.4, -0.2) is 55.5 Å². The molecule has 0 spiro atoms. The molecule has 1 fully saturated rings. The van der Waals surface area contributed by atoms with Gasteiger partial charge >= 0.3 is 7.12 Å². The van der Waals surface area contributed by atoms with Gasteiger partial charge in [-0.3, -0.25) is 4.90 Å². The molecule has 0 radical (unpaired) electrons. The van der Waals surface area contributed by atoms with Crippen molar-refractivity contribution >= 4 is 12.6 Å². The smallest absolute Gasteiger partial charge is 0.488 e. The summed E-state index contributed by atoms with van der Waals surface area (Å²) in [5.41, 5.74) is 1.41. The first kappa shape index (κ1) is 16.3. The molecule has 2 unspecified atom stereocenters. The zero-order valence-electron chi connectivity index (χ0n) is 13.0. The Morgan fingerprint density at radius 1 is 1.33 bits per heavy atom. The van der Waals surface area contributed by atoms with Gasteiger partial charge in [-0.1, -0.05) is 13.0 Å². The van der Waals surface area contributed by atoms with E-state index in [2.05, 4.69) is 11.8 Å². The third kappa shape index (κ3) is 3.98. The molecular weight excluding hydrogens is 269 g/mol. The summed E-state index contributed by atoms with van der Waals surface area (Å²) in [5, 5.41) is 19.0. The minimum absolute atomic E-state index is 0.229. The van der Waals surface area contributed by atoms with Crippen LogP contribution in [0.2, 0.25) is 0 Å². The quantitative estimate of drug-likeness (QED) is 0.761. The number of likely N-dealkylation sites (tertiary alicyclic amines) is 1. The molecule has 0 amide bonds. The second kappa shape index (κ2) is 7.27. The first-order valence-electron chi connectivity index (χ1n) is 7.33. The van der Waals surface area contributed by atoms with Crippen LogP contribution in [0.3, 0.4) is 0 Å². The first-order chi connectivity index (χ1) is 10.0. The summed E-state index contributed by atoms with van der Waals surface area (Å²) in [5.74, 6) is 1.28. The van der Waals surface area contributed by atoms with E-state index < -0.39 is 7.12 Å². The van der Waals surface area contributed by atoms with Crippen molar-refractivity contribution in [1.82, 2.24) is 4.90 Å². The van der Waals surface area contributed by atoms with E-state index >= 15 is 0 Å². The predicted molar refractivity (Wildman–Crippen MR) is 82.7 cm³/mol. The van der Waals surface area contributed by atoms with Gasteiger partial charge in [-0.2, -0.15) is 0 Å². The van der Waals surface area contributed by atoms with Gasteiger partial charge in [0.05, 0.1) is 13.2 Å². The fraction of sp³-hybridized carbons (Fsp3) is 0.600. The van der Waals surface area contributed by atoms with Crippen molar-refractivity contribution in [3.63, 3.8) is 0 Å². The molecule has 2 N–H and O–H groups in total. The zero-order chi connectivity index (χ0) is 15.4. The van der Waals surface area contributed by atoms with Gasteiger partial charge in [0.2, 0.25) is 0 Å². The van der Waals surface area contributed by atoms with E-state index in [0.29, 0.717) is 17.9 Å². The molecule has 1 aromatic carbocycles. The highest BCUT2D eigenvalue weighted by Gasteiger charge is 2.27. The molecule has 2 rings (SSSR count). The fourth-order valence-corrected chi connectivity index (χ4v) is 2.89. The molecular formula is C15H24BNO4. The largest absolute Gasteiger partial charge is 0.497 e. The molecule has 1 aliphatic heterocycles. The Balaban J connectivity index is 2.14. The summed E-state index contributed by atoms with van der Waals surface area (Å²) in [6, 6.07) is 5.32. The number of hydrogen-bond donors (Lipinski definition) is 2. The average Bonchev–Trinajstić information content (AvgIpc) is 2.48. The number of ether oxygens (including phenoxy) is 2. The van der Waals surface area contributed by atoms with E-state index in [9.17, 15) is 10.0 Å². The van der Waals surface area contributed by atoms with Gasteiger partial charge in [-0.15, -0.1) is 0 Å². The molecule has 116 valence electrons. The van der Waals surface area contributed by atoms with Crippen LogP contribution in [0.15, 0.2) is 18.2 Å². The van der Waals surface area contributed by atoms with Crippen LogP contribution < -0.4 is 10.2 Å². The topological polar surface area (TPSA) is 62.2 Å². The van der Waals surface area contributed by atoms with Crippen molar-refractivity contribution in [2.24, 2.45) is 5.92 Å².